The van der Waals surface area contributed by atoms with Gasteiger partial charge in [-0.15, -0.1) is 0 Å². The molecule has 2 nitrogen and oxygen atoms in total. The van der Waals surface area contributed by atoms with Crippen LogP contribution < -0.4 is 9.80 Å². The van der Waals surface area contributed by atoms with E-state index >= 15 is 0 Å². The minimum Gasteiger partial charge on any atom is -0.310 e. The molecular formula is C46H42N2. The third-order valence-electron chi connectivity index (χ3n) is 10.2. The molecule has 6 aromatic rings. The summed E-state index contributed by atoms with van der Waals surface area (Å²) in [5.41, 5.74) is 12.6. The van der Waals surface area contributed by atoms with Crippen molar-refractivity contribution in [3.8, 4) is 0 Å². The van der Waals surface area contributed by atoms with Gasteiger partial charge in [0.1, 0.15) is 0 Å². The predicted octanol–water partition coefficient (Wildman–Crippen LogP) is 13.0. The average molecular weight is 623 g/mol. The Morgan fingerprint density at radius 3 is 1.54 bits per heavy atom. The fraction of sp³-hybridized carbons (Fsp3) is 0.174. The quantitative estimate of drug-likeness (QED) is 0.167. The number of anilines is 5. The molecule has 2 unspecified atom stereocenters. The van der Waals surface area contributed by atoms with Gasteiger partial charge >= 0.3 is 0 Å². The van der Waals surface area contributed by atoms with Crippen LogP contribution >= 0.6 is 0 Å². The largest absolute Gasteiger partial charge is 0.310 e. The molecule has 0 amide bonds. The van der Waals surface area contributed by atoms with Crippen molar-refractivity contribution >= 4 is 51.0 Å². The van der Waals surface area contributed by atoms with Crippen molar-refractivity contribution in [2.75, 3.05) is 9.80 Å². The lowest BCUT2D eigenvalue weighted by atomic mass is 9.68. The maximum Gasteiger partial charge on any atom is 0.0543 e. The first-order chi connectivity index (χ1) is 23.5. The van der Waals surface area contributed by atoms with E-state index in [4.69, 9.17) is 0 Å². The first kappa shape index (κ1) is 30.0. The average Bonchev–Trinajstić information content (AvgIpc) is 3.13. The Kier molecular flexibility index (Phi) is 7.73. The fourth-order valence-corrected chi connectivity index (χ4v) is 7.94. The summed E-state index contributed by atoms with van der Waals surface area (Å²) in [5.74, 6) is 1.47. The van der Waals surface area contributed by atoms with Crippen molar-refractivity contribution in [2.45, 2.75) is 39.5 Å². The number of para-hydroxylation sites is 4. The van der Waals surface area contributed by atoms with Crippen molar-refractivity contribution in [3.63, 3.8) is 0 Å². The Morgan fingerprint density at radius 1 is 0.562 bits per heavy atom. The van der Waals surface area contributed by atoms with Crippen LogP contribution in [0.5, 0.6) is 0 Å². The molecule has 0 aromatic heterocycles. The molecule has 6 aromatic carbocycles. The second-order valence-electron chi connectivity index (χ2n) is 13.8. The fourth-order valence-electron chi connectivity index (χ4n) is 7.94. The Labute approximate surface area is 285 Å². The highest BCUT2D eigenvalue weighted by atomic mass is 15.2. The van der Waals surface area contributed by atoms with E-state index in [9.17, 15) is 0 Å². The summed E-state index contributed by atoms with van der Waals surface area (Å²) >= 11 is 0. The third-order valence-corrected chi connectivity index (χ3v) is 10.2. The van der Waals surface area contributed by atoms with E-state index in [1.54, 1.807) is 0 Å². The van der Waals surface area contributed by atoms with E-state index in [2.05, 4.69) is 195 Å². The van der Waals surface area contributed by atoms with E-state index in [0.29, 0.717) is 23.7 Å². The Morgan fingerprint density at radius 2 is 1.06 bits per heavy atom. The molecule has 0 heterocycles. The molecule has 0 fully saturated rings. The van der Waals surface area contributed by atoms with Crippen LogP contribution in [-0.4, -0.2) is 0 Å². The van der Waals surface area contributed by atoms with Crippen LogP contribution in [0.3, 0.4) is 0 Å². The van der Waals surface area contributed by atoms with E-state index in [-0.39, 0.29) is 0 Å². The van der Waals surface area contributed by atoms with E-state index in [1.807, 2.05) is 0 Å². The molecule has 0 saturated heterocycles. The number of hydrogen-bond acceptors (Lipinski definition) is 2. The summed E-state index contributed by atoms with van der Waals surface area (Å²) in [4.78, 5) is 4.92. The number of nitrogens with zero attached hydrogens (tertiary/aromatic N) is 2. The summed E-state index contributed by atoms with van der Waals surface area (Å²) in [5, 5.41) is 2.77. The molecule has 2 heteroatoms. The van der Waals surface area contributed by atoms with Gasteiger partial charge in [-0.2, -0.15) is 0 Å². The minimum atomic E-state index is 0.297. The molecule has 0 radical (unpaired) electrons. The lowest BCUT2D eigenvalue weighted by molar-refractivity contribution is 0.426. The molecule has 0 N–H and O–H groups in total. The Bertz CT molecular complexity index is 2050. The zero-order valence-electron chi connectivity index (χ0n) is 28.2. The zero-order valence-corrected chi connectivity index (χ0v) is 28.2. The second-order valence-corrected chi connectivity index (χ2v) is 13.8. The van der Waals surface area contributed by atoms with E-state index < -0.39 is 0 Å². The first-order valence-electron chi connectivity index (χ1n) is 17.4. The van der Waals surface area contributed by atoms with Gasteiger partial charge in [0.05, 0.1) is 11.4 Å². The van der Waals surface area contributed by atoms with Gasteiger partial charge in [-0.3, -0.25) is 0 Å². The summed E-state index contributed by atoms with van der Waals surface area (Å²) in [6.07, 6.45) is 7.50. The molecule has 2 aliphatic carbocycles. The predicted molar refractivity (Wildman–Crippen MR) is 206 cm³/mol. The zero-order chi connectivity index (χ0) is 32.8. The minimum absolute atomic E-state index is 0.297. The van der Waals surface area contributed by atoms with Crippen LogP contribution in [0.1, 0.15) is 61.8 Å². The first-order valence-corrected chi connectivity index (χ1v) is 17.4. The molecular weight excluding hydrogens is 581 g/mol. The SMILES string of the molecule is CC(C)c1cc(N(c2ccccc2)c2ccccc2)c2c3c4c(ccc13)C(N(c1ccccc1)c1ccccc1)=CC(C(C)C)C4C=C2. The molecule has 0 saturated carbocycles. The summed E-state index contributed by atoms with van der Waals surface area (Å²) < 4.78 is 0. The molecule has 8 rings (SSSR count). The molecule has 0 bridgehead atoms. The summed E-state index contributed by atoms with van der Waals surface area (Å²) in [7, 11) is 0. The molecule has 48 heavy (non-hydrogen) atoms. The maximum atomic E-state index is 2.56. The van der Waals surface area contributed by atoms with Gasteiger partial charge in [-0.25, -0.2) is 0 Å². The lowest BCUT2D eigenvalue weighted by Gasteiger charge is -2.41. The Hall–Kier alpha value is -5.34. The number of allylic oxidation sites excluding steroid dienone is 2. The maximum absolute atomic E-state index is 2.56. The highest BCUT2D eigenvalue weighted by Crippen LogP contribution is 2.54. The van der Waals surface area contributed by atoms with Crippen molar-refractivity contribution in [1.29, 1.82) is 0 Å². The van der Waals surface area contributed by atoms with Gasteiger partial charge in [0.25, 0.3) is 0 Å². The highest BCUT2D eigenvalue weighted by Gasteiger charge is 2.37. The second kappa shape index (κ2) is 12.4. The smallest absolute Gasteiger partial charge is 0.0543 e. The highest BCUT2D eigenvalue weighted by molar-refractivity contribution is 6.07. The summed E-state index contributed by atoms with van der Waals surface area (Å²) in [6, 6.07) is 50.6. The van der Waals surface area contributed by atoms with Gasteiger partial charge in [0.2, 0.25) is 0 Å². The molecule has 0 spiro atoms. The third kappa shape index (κ3) is 5.04. The molecule has 2 aliphatic rings. The van der Waals surface area contributed by atoms with Gasteiger partial charge in [0.15, 0.2) is 0 Å². The standard InChI is InChI=1S/C46H42N2/c1-31(2)41-29-43(47(33-17-9-5-10-18-33)34-19-11-6-12-20-34)39-28-26-38-42(32(3)4)30-44(40-27-25-37(41)45(39)46(38)40)48(35-21-13-7-14-22-35)36-23-15-8-16-24-36/h5-32,37,41H,1-4H3. The van der Waals surface area contributed by atoms with Gasteiger partial charge in [-0.1, -0.05) is 131 Å². The number of rotatable bonds is 8. The van der Waals surface area contributed by atoms with E-state index in [0.717, 1.165) is 11.4 Å². The number of benzene rings is 6. The summed E-state index contributed by atoms with van der Waals surface area (Å²) in [6.45, 7) is 9.43. The van der Waals surface area contributed by atoms with Crippen LogP contribution in [0.2, 0.25) is 0 Å². The molecule has 236 valence electrons. The molecule has 2 atom stereocenters. The van der Waals surface area contributed by atoms with Crippen molar-refractivity contribution in [2.24, 2.45) is 11.8 Å². The van der Waals surface area contributed by atoms with Crippen molar-refractivity contribution in [1.82, 2.24) is 0 Å². The van der Waals surface area contributed by atoms with Gasteiger partial charge in [0, 0.05) is 39.8 Å². The van der Waals surface area contributed by atoms with Crippen LogP contribution in [0, 0.1) is 11.8 Å². The number of hydrogen-bond donors (Lipinski definition) is 0. The van der Waals surface area contributed by atoms with Crippen LogP contribution in [-0.2, 0) is 0 Å². The van der Waals surface area contributed by atoms with Gasteiger partial charge < -0.3 is 9.80 Å². The van der Waals surface area contributed by atoms with Crippen molar-refractivity contribution < 1.29 is 0 Å². The normalized spacial score (nSPS) is 16.3. The van der Waals surface area contributed by atoms with E-state index in [1.165, 1.54) is 55.8 Å². The topological polar surface area (TPSA) is 6.48 Å². The lowest BCUT2D eigenvalue weighted by Crippen LogP contribution is -2.28. The van der Waals surface area contributed by atoms with Crippen LogP contribution in [0.25, 0.3) is 22.5 Å². The van der Waals surface area contributed by atoms with Gasteiger partial charge in [-0.05, 0) is 94.3 Å². The van der Waals surface area contributed by atoms with Crippen LogP contribution in [0.4, 0.5) is 28.4 Å². The monoisotopic (exact) mass is 622 g/mol. The Balaban J connectivity index is 1.45. The molecule has 0 aliphatic heterocycles. The van der Waals surface area contributed by atoms with Crippen LogP contribution in [0.15, 0.2) is 152 Å². The van der Waals surface area contributed by atoms with Crippen molar-refractivity contribution in [3.05, 3.63) is 174 Å².